The molecule has 0 radical (unpaired) electrons. The number of nitrogens with one attached hydrogen (secondary N) is 1. The Hall–Kier alpha value is -2.44. The van der Waals surface area contributed by atoms with Crippen molar-refractivity contribution in [3.63, 3.8) is 0 Å². The van der Waals surface area contributed by atoms with Gasteiger partial charge in [0.1, 0.15) is 11.6 Å². The Labute approximate surface area is 142 Å². The second-order valence-corrected chi connectivity index (χ2v) is 6.51. The van der Waals surface area contributed by atoms with Gasteiger partial charge in [0.25, 0.3) is 0 Å². The van der Waals surface area contributed by atoms with E-state index in [9.17, 15) is 4.79 Å². The van der Waals surface area contributed by atoms with Gasteiger partial charge in [0.2, 0.25) is 5.91 Å². The number of aryl methyl sites for hydroxylation is 1. The number of aromatic amines is 1. The van der Waals surface area contributed by atoms with Crippen LogP contribution in [0.4, 0.5) is 5.82 Å². The maximum absolute atomic E-state index is 12.3. The number of nitrogens with zero attached hydrogens (tertiary/aromatic N) is 5. The Morgan fingerprint density at radius 2 is 2.00 bits per heavy atom. The van der Waals surface area contributed by atoms with Gasteiger partial charge >= 0.3 is 0 Å². The molecule has 0 atom stereocenters. The number of amides is 1. The van der Waals surface area contributed by atoms with E-state index in [0.29, 0.717) is 25.4 Å². The van der Waals surface area contributed by atoms with Crippen molar-refractivity contribution in [2.24, 2.45) is 0 Å². The second kappa shape index (κ2) is 6.98. The van der Waals surface area contributed by atoms with E-state index in [1.807, 2.05) is 24.0 Å². The van der Waals surface area contributed by atoms with Crippen molar-refractivity contribution in [3.05, 3.63) is 35.5 Å². The van der Waals surface area contributed by atoms with Gasteiger partial charge in [-0.1, -0.05) is 13.8 Å². The van der Waals surface area contributed by atoms with E-state index in [0.717, 1.165) is 36.1 Å². The second-order valence-electron chi connectivity index (χ2n) is 6.51. The number of carbonyl (C=O) groups is 1. The summed E-state index contributed by atoms with van der Waals surface area (Å²) in [6.07, 6.45) is 2.05. The van der Waals surface area contributed by atoms with Gasteiger partial charge in [-0.15, -0.1) is 0 Å². The molecule has 1 amide bonds. The lowest BCUT2D eigenvalue weighted by Crippen LogP contribution is -2.49. The van der Waals surface area contributed by atoms with Crippen molar-refractivity contribution in [3.8, 4) is 0 Å². The summed E-state index contributed by atoms with van der Waals surface area (Å²) < 4.78 is 0. The fourth-order valence-electron chi connectivity index (χ4n) is 2.84. The van der Waals surface area contributed by atoms with Crippen LogP contribution in [0.2, 0.25) is 0 Å². The van der Waals surface area contributed by atoms with Crippen molar-refractivity contribution < 1.29 is 4.79 Å². The molecule has 7 nitrogen and oxygen atoms in total. The minimum atomic E-state index is 0.139. The first-order valence-corrected chi connectivity index (χ1v) is 8.39. The molecule has 7 heteroatoms. The van der Waals surface area contributed by atoms with Crippen LogP contribution < -0.4 is 4.90 Å². The highest BCUT2D eigenvalue weighted by atomic mass is 16.2. The van der Waals surface area contributed by atoms with Gasteiger partial charge in [0.05, 0.1) is 6.42 Å². The number of hydrogen-bond donors (Lipinski definition) is 1. The third kappa shape index (κ3) is 3.72. The van der Waals surface area contributed by atoms with E-state index in [2.05, 4.69) is 38.9 Å². The van der Waals surface area contributed by atoms with E-state index in [-0.39, 0.29) is 5.91 Å². The highest BCUT2D eigenvalue weighted by Gasteiger charge is 2.23. The number of anilines is 1. The Morgan fingerprint density at radius 1 is 1.25 bits per heavy atom. The molecule has 0 bridgehead atoms. The highest BCUT2D eigenvalue weighted by Crippen LogP contribution is 2.19. The zero-order valence-corrected chi connectivity index (χ0v) is 14.5. The molecule has 3 rings (SSSR count). The average molecular weight is 328 g/mol. The molecule has 3 heterocycles. The molecule has 128 valence electrons. The number of hydrogen-bond acceptors (Lipinski definition) is 5. The molecule has 2 aromatic rings. The van der Waals surface area contributed by atoms with Gasteiger partial charge in [0, 0.05) is 55.7 Å². The molecule has 0 saturated carbocycles. The van der Waals surface area contributed by atoms with Gasteiger partial charge in [0.15, 0.2) is 0 Å². The summed E-state index contributed by atoms with van der Waals surface area (Å²) in [5, 5.41) is 6.72. The predicted octanol–water partition coefficient (Wildman–Crippen LogP) is 1.52. The van der Waals surface area contributed by atoms with E-state index in [1.54, 1.807) is 6.20 Å². The molecule has 1 N–H and O–H groups in total. The van der Waals surface area contributed by atoms with E-state index < -0.39 is 0 Å². The highest BCUT2D eigenvalue weighted by molar-refractivity contribution is 5.78. The zero-order chi connectivity index (χ0) is 17.1. The summed E-state index contributed by atoms with van der Waals surface area (Å²) in [5.74, 6) is 2.29. The zero-order valence-electron chi connectivity index (χ0n) is 14.5. The molecule has 0 aliphatic carbocycles. The molecule has 24 heavy (non-hydrogen) atoms. The molecule has 1 saturated heterocycles. The largest absolute Gasteiger partial charge is 0.353 e. The van der Waals surface area contributed by atoms with Crippen molar-refractivity contribution in [1.29, 1.82) is 0 Å². The molecule has 2 aromatic heterocycles. The topological polar surface area (TPSA) is 78.0 Å². The first-order chi connectivity index (χ1) is 11.5. The molecule has 1 fully saturated rings. The smallest absolute Gasteiger partial charge is 0.228 e. The van der Waals surface area contributed by atoms with Gasteiger partial charge in [-0.2, -0.15) is 5.10 Å². The predicted molar refractivity (Wildman–Crippen MR) is 91.9 cm³/mol. The molecule has 0 spiro atoms. The van der Waals surface area contributed by atoms with E-state index >= 15 is 0 Å². The quantitative estimate of drug-likeness (QED) is 0.921. The number of piperazine rings is 1. The molecular formula is C17H24N6O. The maximum atomic E-state index is 12.3. The van der Waals surface area contributed by atoms with Crippen LogP contribution in [0.25, 0.3) is 0 Å². The summed E-state index contributed by atoms with van der Waals surface area (Å²) in [4.78, 5) is 25.7. The lowest BCUT2D eigenvalue weighted by Gasteiger charge is -2.35. The summed E-state index contributed by atoms with van der Waals surface area (Å²) in [5.41, 5.74) is 1.84. The summed E-state index contributed by atoms with van der Waals surface area (Å²) in [6, 6.07) is 3.86. The number of aromatic nitrogens is 4. The molecule has 0 unspecified atom stereocenters. The van der Waals surface area contributed by atoms with Gasteiger partial charge in [-0.25, -0.2) is 9.97 Å². The maximum Gasteiger partial charge on any atom is 0.228 e. The Bertz CT molecular complexity index is 689. The monoisotopic (exact) mass is 328 g/mol. The van der Waals surface area contributed by atoms with E-state index in [4.69, 9.17) is 0 Å². The van der Waals surface area contributed by atoms with Crippen LogP contribution >= 0.6 is 0 Å². The van der Waals surface area contributed by atoms with Crippen molar-refractivity contribution >= 4 is 11.7 Å². The summed E-state index contributed by atoms with van der Waals surface area (Å²) in [6.45, 7) is 9.22. The minimum absolute atomic E-state index is 0.139. The van der Waals surface area contributed by atoms with Crippen LogP contribution in [0, 0.1) is 6.92 Å². The first-order valence-electron chi connectivity index (χ1n) is 8.39. The SMILES string of the molecule is Cc1cc(N2CCN(C(=O)Cc3ccn[nH]3)CC2)nc(C(C)C)n1. The number of rotatable bonds is 4. The normalized spacial score (nSPS) is 15.2. The fourth-order valence-corrected chi connectivity index (χ4v) is 2.84. The van der Waals surface area contributed by atoms with Crippen LogP contribution in [-0.2, 0) is 11.2 Å². The molecule has 1 aliphatic heterocycles. The summed E-state index contributed by atoms with van der Waals surface area (Å²) in [7, 11) is 0. The lowest BCUT2D eigenvalue weighted by molar-refractivity contribution is -0.130. The van der Waals surface area contributed by atoms with Crippen LogP contribution in [-0.4, -0.2) is 57.2 Å². The van der Waals surface area contributed by atoms with E-state index in [1.165, 1.54) is 0 Å². The Kier molecular flexibility index (Phi) is 4.78. The molecule has 0 aromatic carbocycles. The van der Waals surface area contributed by atoms with Crippen molar-refractivity contribution in [1.82, 2.24) is 25.1 Å². The average Bonchev–Trinajstić information content (AvgIpc) is 3.07. The molecule has 1 aliphatic rings. The third-order valence-corrected chi connectivity index (χ3v) is 4.23. The summed E-state index contributed by atoms with van der Waals surface area (Å²) >= 11 is 0. The Balaban J connectivity index is 1.61. The van der Waals surface area contributed by atoms with Crippen LogP contribution in [0.5, 0.6) is 0 Å². The molecular weight excluding hydrogens is 304 g/mol. The standard InChI is InChI=1S/C17H24N6O/c1-12(2)17-19-13(3)10-15(20-17)22-6-8-23(9-7-22)16(24)11-14-4-5-18-21-14/h4-5,10,12H,6-9,11H2,1-3H3,(H,18,21). The lowest BCUT2D eigenvalue weighted by atomic mass is 10.2. The van der Waals surface area contributed by atoms with Gasteiger partial charge in [-0.05, 0) is 13.0 Å². The van der Waals surface area contributed by atoms with Crippen LogP contribution in [0.15, 0.2) is 18.3 Å². The fraction of sp³-hybridized carbons (Fsp3) is 0.529. The minimum Gasteiger partial charge on any atom is -0.353 e. The van der Waals surface area contributed by atoms with Gasteiger partial charge in [-0.3, -0.25) is 9.89 Å². The van der Waals surface area contributed by atoms with Crippen molar-refractivity contribution in [2.45, 2.75) is 33.1 Å². The van der Waals surface area contributed by atoms with Crippen molar-refractivity contribution in [2.75, 3.05) is 31.1 Å². The van der Waals surface area contributed by atoms with Crippen LogP contribution in [0.3, 0.4) is 0 Å². The van der Waals surface area contributed by atoms with Gasteiger partial charge < -0.3 is 9.80 Å². The number of carbonyl (C=O) groups excluding carboxylic acids is 1. The Morgan fingerprint density at radius 3 is 2.62 bits per heavy atom. The third-order valence-electron chi connectivity index (χ3n) is 4.23. The van der Waals surface area contributed by atoms with Crippen LogP contribution in [0.1, 0.15) is 37.0 Å². The number of H-pyrrole nitrogens is 1. The first kappa shape index (κ1) is 16.4.